The fourth-order valence-corrected chi connectivity index (χ4v) is 4.04. The van der Waals surface area contributed by atoms with Crippen molar-refractivity contribution >= 4 is 17.8 Å². The molecule has 150 valence electrons. The molecule has 0 bridgehead atoms. The van der Waals surface area contributed by atoms with E-state index in [0.717, 1.165) is 24.1 Å². The summed E-state index contributed by atoms with van der Waals surface area (Å²) in [6, 6.07) is 15.5. The number of guanidine groups is 1. The molecule has 6 nitrogen and oxygen atoms in total. The summed E-state index contributed by atoms with van der Waals surface area (Å²) in [6.45, 7) is 5.38. The summed E-state index contributed by atoms with van der Waals surface area (Å²) in [5, 5.41) is 2.86. The molecule has 2 aromatic rings. The highest BCUT2D eigenvalue weighted by Gasteiger charge is 2.42. The highest BCUT2D eigenvalue weighted by atomic mass is 16.5. The molecule has 29 heavy (non-hydrogen) atoms. The number of fused-ring (bicyclic) bond motifs is 1. The van der Waals surface area contributed by atoms with E-state index in [4.69, 9.17) is 9.73 Å². The SMILES string of the molecule is CCOC(=O)[C@@H]1C(=O)NC(N2CCc3ccccc3C2)=N[C@@H]1c1ccccc1C. The van der Waals surface area contributed by atoms with Gasteiger partial charge in [-0.25, -0.2) is 4.99 Å². The van der Waals surface area contributed by atoms with E-state index in [1.54, 1.807) is 6.92 Å². The number of esters is 1. The van der Waals surface area contributed by atoms with Crippen molar-refractivity contribution in [3.05, 3.63) is 70.8 Å². The number of nitrogens with one attached hydrogen (secondary N) is 1. The molecule has 2 aliphatic heterocycles. The average molecular weight is 391 g/mol. The maximum absolute atomic E-state index is 13.0. The molecule has 2 aliphatic rings. The van der Waals surface area contributed by atoms with Crippen LogP contribution >= 0.6 is 0 Å². The molecule has 0 aromatic heterocycles. The molecule has 0 spiro atoms. The molecule has 0 saturated heterocycles. The lowest BCUT2D eigenvalue weighted by Crippen LogP contribution is -2.53. The maximum atomic E-state index is 13.0. The summed E-state index contributed by atoms with van der Waals surface area (Å²) in [6.07, 6.45) is 0.890. The highest BCUT2D eigenvalue weighted by Crippen LogP contribution is 2.33. The Hall–Kier alpha value is -3.15. The second-order valence-electron chi connectivity index (χ2n) is 7.41. The molecule has 0 radical (unpaired) electrons. The smallest absolute Gasteiger partial charge is 0.321 e. The van der Waals surface area contributed by atoms with Crippen LogP contribution in [0, 0.1) is 12.8 Å². The molecule has 0 aliphatic carbocycles. The van der Waals surface area contributed by atoms with E-state index in [1.807, 2.05) is 43.3 Å². The minimum absolute atomic E-state index is 0.225. The van der Waals surface area contributed by atoms with Crippen LogP contribution in [0.2, 0.25) is 0 Å². The zero-order chi connectivity index (χ0) is 20.4. The van der Waals surface area contributed by atoms with Gasteiger partial charge in [-0.15, -0.1) is 0 Å². The van der Waals surface area contributed by atoms with E-state index in [-0.39, 0.29) is 12.5 Å². The quantitative estimate of drug-likeness (QED) is 0.645. The highest BCUT2D eigenvalue weighted by molar-refractivity contribution is 6.08. The van der Waals surface area contributed by atoms with Gasteiger partial charge in [0.25, 0.3) is 0 Å². The monoisotopic (exact) mass is 391 g/mol. The Morgan fingerprint density at radius 2 is 1.90 bits per heavy atom. The van der Waals surface area contributed by atoms with Gasteiger partial charge in [0.15, 0.2) is 5.92 Å². The van der Waals surface area contributed by atoms with Crippen LogP contribution in [0.4, 0.5) is 0 Å². The second-order valence-corrected chi connectivity index (χ2v) is 7.41. The summed E-state index contributed by atoms with van der Waals surface area (Å²) in [4.78, 5) is 32.5. The summed E-state index contributed by atoms with van der Waals surface area (Å²) >= 11 is 0. The van der Waals surface area contributed by atoms with Gasteiger partial charge in [-0.1, -0.05) is 48.5 Å². The van der Waals surface area contributed by atoms with Crippen LogP contribution in [0.5, 0.6) is 0 Å². The van der Waals surface area contributed by atoms with Crippen LogP contribution in [0.3, 0.4) is 0 Å². The molecule has 2 heterocycles. The topological polar surface area (TPSA) is 71.0 Å². The summed E-state index contributed by atoms with van der Waals surface area (Å²) in [5.74, 6) is -1.36. The number of ether oxygens (including phenoxy) is 1. The molecule has 0 saturated carbocycles. The third-order valence-corrected chi connectivity index (χ3v) is 5.57. The van der Waals surface area contributed by atoms with Crippen LogP contribution in [0.15, 0.2) is 53.5 Å². The lowest BCUT2D eigenvalue weighted by atomic mass is 9.89. The number of carbonyl (C=O) groups is 2. The molecule has 1 amide bonds. The van der Waals surface area contributed by atoms with E-state index >= 15 is 0 Å². The van der Waals surface area contributed by atoms with Crippen LogP contribution in [0.1, 0.15) is 35.2 Å². The van der Waals surface area contributed by atoms with E-state index in [2.05, 4.69) is 22.3 Å². The number of amides is 1. The lowest BCUT2D eigenvalue weighted by molar-refractivity contribution is -0.153. The first-order chi connectivity index (χ1) is 14.1. The summed E-state index contributed by atoms with van der Waals surface area (Å²) < 4.78 is 5.19. The van der Waals surface area contributed by atoms with Crippen molar-refractivity contribution < 1.29 is 14.3 Å². The van der Waals surface area contributed by atoms with Gasteiger partial charge in [0.05, 0.1) is 6.61 Å². The fraction of sp³-hybridized carbons (Fsp3) is 0.348. The molecule has 2 aromatic carbocycles. The molecule has 4 rings (SSSR count). The van der Waals surface area contributed by atoms with E-state index < -0.39 is 17.9 Å². The first-order valence-electron chi connectivity index (χ1n) is 10.0. The van der Waals surface area contributed by atoms with Gasteiger partial charge >= 0.3 is 5.97 Å². The van der Waals surface area contributed by atoms with Gasteiger partial charge in [0.2, 0.25) is 11.9 Å². The summed E-state index contributed by atoms with van der Waals surface area (Å²) in [7, 11) is 0. The van der Waals surface area contributed by atoms with Crippen molar-refractivity contribution in [2.75, 3.05) is 13.2 Å². The Kier molecular flexibility index (Phi) is 5.34. The Bertz CT molecular complexity index is 969. The van der Waals surface area contributed by atoms with Crippen molar-refractivity contribution in [2.24, 2.45) is 10.9 Å². The molecule has 2 atom stereocenters. The van der Waals surface area contributed by atoms with E-state index in [0.29, 0.717) is 12.5 Å². The van der Waals surface area contributed by atoms with Gasteiger partial charge in [-0.05, 0) is 42.5 Å². The molecular weight excluding hydrogens is 366 g/mol. The number of hydrogen-bond acceptors (Lipinski definition) is 5. The van der Waals surface area contributed by atoms with Crippen molar-refractivity contribution in [1.29, 1.82) is 0 Å². The fourth-order valence-electron chi connectivity index (χ4n) is 4.04. The third kappa shape index (κ3) is 3.75. The van der Waals surface area contributed by atoms with Crippen LogP contribution in [-0.2, 0) is 27.3 Å². The molecule has 0 fully saturated rings. The number of aliphatic imine (C=N–C) groups is 1. The zero-order valence-corrected chi connectivity index (χ0v) is 16.7. The standard InChI is InChI=1S/C23H25N3O3/c1-3-29-22(28)19-20(18-11-7-4-8-15(18)2)24-23(25-21(19)27)26-13-12-16-9-5-6-10-17(16)14-26/h4-11,19-20H,3,12-14H2,1-2H3,(H,24,25,27)/t19-,20+/m0/s1. The second kappa shape index (κ2) is 8.07. The Morgan fingerprint density at radius 3 is 2.66 bits per heavy atom. The number of rotatable bonds is 3. The summed E-state index contributed by atoms with van der Waals surface area (Å²) in [5.41, 5.74) is 4.42. The predicted octanol–water partition coefficient (Wildman–Crippen LogP) is 2.76. The Morgan fingerprint density at radius 1 is 1.17 bits per heavy atom. The third-order valence-electron chi connectivity index (χ3n) is 5.57. The van der Waals surface area contributed by atoms with Gasteiger partial charge < -0.3 is 9.64 Å². The lowest BCUT2D eigenvalue weighted by Gasteiger charge is -2.36. The number of nitrogens with zero attached hydrogens (tertiary/aromatic N) is 2. The number of hydrogen-bond donors (Lipinski definition) is 1. The molecule has 0 unspecified atom stereocenters. The maximum Gasteiger partial charge on any atom is 0.321 e. The number of benzene rings is 2. The molecule has 6 heteroatoms. The minimum atomic E-state index is -0.989. The van der Waals surface area contributed by atoms with Gasteiger partial charge in [0, 0.05) is 13.1 Å². The largest absolute Gasteiger partial charge is 0.465 e. The number of aryl methyl sites for hydroxylation is 1. The Balaban J connectivity index is 1.70. The van der Waals surface area contributed by atoms with Crippen molar-refractivity contribution in [1.82, 2.24) is 10.2 Å². The molecule has 1 N–H and O–H groups in total. The van der Waals surface area contributed by atoms with Crippen LogP contribution in [-0.4, -0.2) is 35.9 Å². The van der Waals surface area contributed by atoms with Gasteiger partial charge in [-0.2, -0.15) is 0 Å². The van der Waals surface area contributed by atoms with E-state index in [1.165, 1.54) is 11.1 Å². The van der Waals surface area contributed by atoms with Crippen molar-refractivity contribution in [3.8, 4) is 0 Å². The van der Waals surface area contributed by atoms with Crippen molar-refractivity contribution in [3.63, 3.8) is 0 Å². The van der Waals surface area contributed by atoms with E-state index in [9.17, 15) is 9.59 Å². The number of carbonyl (C=O) groups excluding carboxylic acids is 2. The normalized spacial score (nSPS) is 21.1. The zero-order valence-electron chi connectivity index (χ0n) is 16.7. The van der Waals surface area contributed by atoms with Crippen LogP contribution in [0.25, 0.3) is 0 Å². The average Bonchev–Trinajstić information content (AvgIpc) is 2.73. The van der Waals surface area contributed by atoms with Gasteiger partial charge in [0.1, 0.15) is 6.04 Å². The van der Waals surface area contributed by atoms with Crippen LogP contribution < -0.4 is 5.32 Å². The van der Waals surface area contributed by atoms with Gasteiger partial charge in [-0.3, -0.25) is 14.9 Å². The first kappa shape index (κ1) is 19.2. The predicted molar refractivity (Wildman–Crippen MR) is 110 cm³/mol. The molecular formula is C23H25N3O3. The minimum Gasteiger partial charge on any atom is -0.465 e. The van der Waals surface area contributed by atoms with Crippen molar-refractivity contribution in [2.45, 2.75) is 32.9 Å². The first-order valence-corrected chi connectivity index (χ1v) is 10.0. The Labute approximate surface area is 170 Å².